The van der Waals surface area contributed by atoms with Crippen LogP contribution in [0, 0.1) is 5.92 Å². The predicted molar refractivity (Wildman–Crippen MR) is 138 cm³/mol. The summed E-state index contributed by atoms with van der Waals surface area (Å²) in [6, 6.07) is 21.6. The highest BCUT2D eigenvalue weighted by molar-refractivity contribution is 7.19. The van der Waals surface area contributed by atoms with Gasteiger partial charge in [0.25, 0.3) is 0 Å². The van der Waals surface area contributed by atoms with Gasteiger partial charge in [-0.15, -0.1) is 11.3 Å². The molecule has 0 atom stereocenters. The van der Waals surface area contributed by atoms with Crippen LogP contribution in [0.4, 0.5) is 5.82 Å². The Hall–Kier alpha value is -2.72. The third-order valence-electron chi connectivity index (χ3n) is 7.33. The van der Waals surface area contributed by atoms with Gasteiger partial charge in [-0.2, -0.15) is 0 Å². The van der Waals surface area contributed by atoms with Crippen LogP contribution in [0.1, 0.15) is 53.1 Å². The predicted octanol–water partition coefficient (Wildman–Crippen LogP) is 6.62. The maximum Gasteiger partial charge on any atom is 0.141 e. The Morgan fingerprint density at radius 3 is 2.27 bits per heavy atom. The molecular formula is C29H31N3S. The molecule has 1 aliphatic carbocycles. The van der Waals surface area contributed by atoms with E-state index in [0.717, 1.165) is 31.3 Å². The minimum atomic E-state index is 0.765. The molecule has 0 bridgehead atoms. The molecule has 0 saturated carbocycles. The first-order valence-electron chi connectivity index (χ1n) is 12.5. The Kier molecular flexibility index (Phi) is 5.85. The minimum absolute atomic E-state index is 0.765. The molecule has 0 amide bonds. The molecule has 3 heterocycles. The number of thiophene rings is 1. The highest BCUT2D eigenvalue weighted by Gasteiger charge is 2.27. The van der Waals surface area contributed by atoms with Gasteiger partial charge >= 0.3 is 0 Å². The van der Waals surface area contributed by atoms with Crippen molar-refractivity contribution in [1.82, 2.24) is 9.97 Å². The van der Waals surface area contributed by atoms with Crippen molar-refractivity contribution in [2.24, 2.45) is 5.92 Å². The van der Waals surface area contributed by atoms with E-state index in [1.807, 2.05) is 11.3 Å². The maximum atomic E-state index is 5.23. The zero-order chi connectivity index (χ0) is 22.0. The van der Waals surface area contributed by atoms with Crippen LogP contribution in [-0.4, -0.2) is 23.1 Å². The number of rotatable bonds is 5. The van der Waals surface area contributed by atoms with Crippen molar-refractivity contribution in [3.05, 3.63) is 88.1 Å². The summed E-state index contributed by atoms with van der Waals surface area (Å²) >= 11 is 1.93. The molecule has 2 aromatic carbocycles. The van der Waals surface area contributed by atoms with E-state index in [2.05, 4.69) is 65.6 Å². The number of anilines is 1. The van der Waals surface area contributed by atoms with Crippen LogP contribution in [0.3, 0.4) is 0 Å². The summed E-state index contributed by atoms with van der Waals surface area (Å²) in [4.78, 5) is 15.7. The zero-order valence-electron chi connectivity index (χ0n) is 19.2. The second-order valence-corrected chi connectivity index (χ2v) is 10.7. The van der Waals surface area contributed by atoms with E-state index in [0.29, 0.717) is 0 Å². The van der Waals surface area contributed by atoms with Crippen LogP contribution in [0.2, 0.25) is 0 Å². The minimum Gasteiger partial charge on any atom is -0.356 e. The van der Waals surface area contributed by atoms with Crippen LogP contribution in [0.25, 0.3) is 10.2 Å². The molecule has 0 N–H and O–H groups in total. The summed E-state index contributed by atoms with van der Waals surface area (Å²) in [7, 11) is 0. The van der Waals surface area contributed by atoms with Gasteiger partial charge in [0, 0.05) is 24.4 Å². The van der Waals surface area contributed by atoms with Crippen molar-refractivity contribution >= 4 is 27.4 Å². The van der Waals surface area contributed by atoms with E-state index < -0.39 is 0 Å². The molecule has 2 aliphatic rings. The average Bonchev–Trinajstić information content (AvgIpc) is 3.24. The van der Waals surface area contributed by atoms with Gasteiger partial charge in [0.1, 0.15) is 16.5 Å². The van der Waals surface area contributed by atoms with E-state index >= 15 is 0 Å². The number of hydrogen-bond donors (Lipinski definition) is 0. The molecule has 4 heteroatoms. The van der Waals surface area contributed by atoms with Crippen molar-refractivity contribution in [2.75, 3.05) is 18.0 Å². The molecule has 0 radical (unpaired) electrons. The molecule has 1 fully saturated rings. The van der Waals surface area contributed by atoms with Crippen LogP contribution >= 0.6 is 11.3 Å². The molecule has 0 spiro atoms. The molecule has 3 nitrogen and oxygen atoms in total. The fourth-order valence-electron chi connectivity index (χ4n) is 5.56. The van der Waals surface area contributed by atoms with Crippen LogP contribution in [0.15, 0.2) is 60.7 Å². The first kappa shape index (κ1) is 20.9. The number of aryl methyl sites for hydroxylation is 2. The molecule has 2 aromatic heterocycles. The van der Waals surface area contributed by atoms with Gasteiger partial charge in [-0.05, 0) is 67.6 Å². The Balaban J connectivity index is 1.30. The number of piperidine rings is 1. The largest absolute Gasteiger partial charge is 0.356 e. The molecule has 168 valence electrons. The van der Waals surface area contributed by atoms with E-state index in [-0.39, 0.29) is 0 Å². The van der Waals surface area contributed by atoms with Crippen LogP contribution < -0.4 is 4.90 Å². The standard InChI is InChI=1S/C29H31N3S/c1-3-9-21(10-4-1)19-23-15-17-32(18-16-23)28-27-24-13-7-8-14-25(24)33-29(27)31-26(30-28)20-22-11-5-2-6-12-22/h1-6,9-12,23H,7-8,13-20H2. The summed E-state index contributed by atoms with van der Waals surface area (Å²) in [6.45, 7) is 2.19. The van der Waals surface area contributed by atoms with Crippen LogP contribution in [0.5, 0.6) is 0 Å². The molecule has 1 saturated heterocycles. The van der Waals surface area contributed by atoms with E-state index in [9.17, 15) is 0 Å². The second kappa shape index (κ2) is 9.26. The Bertz CT molecular complexity index is 1220. The second-order valence-electron chi connectivity index (χ2n) is 9.64. The summed E-state index contributed by atoms with van der Waals surface area (Å²) < 4.78 is 0. The van der Waals surface area contributed by atoms with Gasteiger partial charge < -0.3 is 4.90 Å². The van der Waals surface area contributed by atoms with Gasteiger partial charge in [0.05, 0.1) is 5.39 Å². The van der Waals surface area contributed by atoms with E-state index in [4.69, 9.17) is 9.97 Å². The lowest BCUT2D eigenvalue weighted by atomic mass is 9.90. The average molecular weight is 454 g/mol. The van der Waals surface area contributed by atoms with Gasteiger partial charge in [0.15, 0.2) is 0 Å². The quantitative estimate of drug-likeness (QED) is 0.340. The smallest absolute Gasteiger partial charge is 0.141 e. The highest BCUT2D eigenvalue weighted by atomic mass is 32.1. The Morgan fingerprint density at radius 2 is 1.52 bits per heavy atom. The lowest BCUT2D eigenvalue weighted by molar-refractivity contribution is 0.402. The summed E-state index contributed by atoms with van der Waals surface area (Å²) in [5.74, 6) is 2.94. The number of nitrogens with zero attached hydrogens (tertiary/aromatic N) is 3. The first-order valence-corrected chi connectivity index (χ1v) is 13.3. The summed E-state index contributed by atoms with van der Waals surface area (Å²) in [6.07, 6.45) is 9.48. The number of benzene rings is 2. The van der Waals surface area contributed by atoms with Crippen molar-refractivity contribution in [2.45, 2.75) is 51.4 Å². The van der Waals surface area contributed by atoms with Gasteiger partial charge in [-0.3, -0.25) is 0 Å². The summed E-state index contributed by atoms with van der Waals surface area (Å²) in [5, 5.41) is 1.37. The fourth-order valence-corrected chi connectivity index (χ4v) is 6.84. The summed E-state index contributed by atoms with van der Waals surface area (Å²) in [5.41, 5.74) is 4.30. The maximum absolute atomic E-state index is 5.23. The lowest BCUT2D eigenvalue weighted by Gasteiger charge is -2.33. The molecule has 1 aliphatic heterocycles. The Morgan fingerprint density at radius 1 is 0.818 bits per heavy atom. The topological polar surface area (TPSA) is 29.0 Å². The van der Waals surface area contributed by atoms with Crippen molar-refractivity contribution in [1.29, 1.82) is 0 Å². The molecule has 4 aromatic rings. The van der Waals surface area contributed by atoms with Gasteiger partial charge in [0.2, 0.25) is 0 Å². The number of aromatic nitrogens is 2. The van der Waals surface area contributed by atoms with Gasteiger partial charge in [-0.1, -0.05) is 60.7 Å². The highest BCUT2D eigenvalue weighted by Crippen LogP contribution is 2.41. The zero-order valence-corrected chi connectivity index (χ0v) is 20.0. The van der Waals surface area contributed by atoms with E-state index in [1.54, 1.807) is 10.4 Å². The van der Waals surface area contributed by atoms with Crippen LogP contribution in [-0.2, 0) is 25.7 Å². The number of fused-ring (bicyclic) bond motifs is 3. The third kappa shape index (κ3) is 4.41. The molecule has 0 unspecified atom stereocenters. The van der Waals surface area contributed by atoms with Crippen molar-refractivity contribution < 1.29 is 0 Å². The monoisotopic (exact) mass is 453 g/mol. The van der Waals surface area contributed by atoms with Crippen molar-refractivity contribution in [3.63, 3.8) is 0 Å². The number of hydrogen-bond acceptors (Lipinski definition) is 4. The first-order chi connectivity index (χ1) is 16.3. The Labute approximate surface area is 200 Å². The van der Waals surface area contributed by atoms with Crippen molar-refractivity contribution in [3.8, 4) is 0 Å². The fraction of sp³-hybridized carbons (Fsp3) is 0.379. The van der Waals surface area contributed by atoms with Gasteiger partial charge in [-0.25, -0.2) is 9.97 Å². The normalized spacial score (nSPS) is 16.8. The molecular weight excluding hydrogens is 422 g/mol. The third-order valence-corrected chi connectivity index (χ3v) is 8.51. The SMILES string of the molecule is c1ccc(Cc2nc(N3CCC(Cc4ccccc4)CC3)c3c4c(sc3n2)CCCC4)cc1. The lowest BCUT2D eigenvalue weighted by Crippen LogP contribution is -2.35. The molecule has 33 heavy (non-hydrogen) atoms. The van der Waals surface area contributed by atoms with E-state index in [1.165, 1.54) is 72.1 Å². The molecule has 6 rings (SSSR count).